The van der Waals surface area contributed by atoms with Crippen molar-refractivity contribution in [2.45, 2.75) is 31.1 Å². The molecule has 0 aliphatic carbocycles. The number of nitrogens with one attached hydrogen (secondary N) is 1. The molecule has 2 aromatic rings. The van der Waals surface area contributed by atoms with Crippen LogP contribution in [0.5, 0.6) is 0 Å². The number of rotatable bonds is 3. The van der Waals surface area contributed by atoms with Crippen LogP contribution >= 0.6 is 0 Å². The van der Waals surface area contributed by atoms with E-state index < -0.39 is 5.60 Å². The summed E-state index contributed by atoms with van der Waals surface area (Å²) in [6.45, 7) is 2.00. The third-order valence-corrected chi connectivity index (χ3v) is 5.79. The van der Waals surface area contributed by atoms with Gasteiger partial charge in [0.1, 0.15) is 5.60 Å². The van der Waals surface area contributed by atoms with Crippen LogP contribution in [0.2, 0.25) is 0 Å². The molecular formula is C20H26N4O3. The molecule has 7 heteroatoms. The molecule has 0 saturated carbocycles. The standard InChI is InChI=1S/C20H26N4O3/c1-23(2)17-12-24(10-9-20(17,26)14-6-4-3-5-7-14)19(25)18-15-13-27-11-8-16(15)21-22-18/h3-7,17,26H,8-13H2,1-2H3,(H,21,22)/t17-,20+/m1/s1. The van der Waals surface area contributed by atoms with Crippen LogP contribution < -0.4 is 0 Å². The van der Waals surface area contributed by atoms with Gasteiger partial charge in [0.2, 0.25) is 0 Å². The second kappa shape index (κ2) is 7.07. The minimum atomic E-state index is -0.990. The fourth-order valence-electron chi connectivity index (χ4n) is 4.20. The van der Waals surface area contributed by atoms with Gasteiger partial charge in [-0.2, -0.15) is 5.10 Å². The van der Waals surface area contributed by atoms with Crippen LogP contribution in [-0.2, 0) is 23.4 Å². The molecule has 4 rings (SSSR count). The van der Waals surface area contributed by atoms with E-state index in [9.17, 15) is 9.90 Å². The van der Waals surface area contributed by atoms with Gasteiger partial charge in [0, 0.05) is 30.8 Å². The van der Waals surface area contributed by atoms with E-state index in [1.807, 2.05) is 49.3 Å². The first-order chi connectivity index (χ1) is 13.0. The molecular weight excluding hydrogens is 344 g/mol. The van der Waals surface area contributed by atoms with Gasteiger partial charge in [0.15, 0.2) is 5.69 Å². The SMILES string of the molecule is CN(C)[C@@H]1CN(C(=O)c2n[nH]c3c2COCC3)CC[C@]1(O)c1ccccc1. The first-order valence-electron chi connectivity index (χ1n) is 9.38. The fraction of sp³-hybridized carbons (Fsp3) is 0.500. The number of piperidine rings is 1. The Hall–Kier alpha value is -2.22. The molecule has 1 aromatic carbocycles. The number of carbonyl (C=O) groups is 1. The number of aromatic nitrogens is 2. The number of likely N-dealkylation sites (N-methyl/N-ethyl adjacent to an activating group) is 1. The minimum absolute atomic E-state index is 0.0973. The summed E-state index contributed by atoms with van der Waals surface area (Å²) in [5.74, 6) is -0.0973. The highest BCUT2D eigenvalue weighted by molar-refractivity contribution is 5.94. The Labute approximate surface area is 158 Å². The average molecular weight is 370 g/mol. The van der Waals surface area contributed by atoms with Crippen molar-refractivity contribution in [1.29, 1.82) is 0 Å². The van der Waals surface area contributed by atoms with Gasteiger partial charge in [0.05, 0.1) is 19.3 Å². The van der Waals surface area contributed by atoms with Crippen LogP contribution in [0.1, 0.15) is 33.7 Å². The van der Waals surface area contributed by atoms with Crippen LogP contribution in [0, 0.1) is 0 Å². The van der Waals surface area contributed by atoms with Gasteiger partial charge >= 0.3 is 0 Å². The first kappa shape index (κ1) is 18.2. The second-order valence-corrected chi connectivity index (χ2v) is 7.60. The number of amides is 1. The first-order valence-corrected chi connectivity index (χ1v) is 9.38. The van der Waals surface area contributed by atoms with E-state index in [-0.39, 0.29) is 11.9 Å². The summed E-state index contributed by atoms with van der Waals surface area (Å²) < 4.78 is 5.50. The van der Waals surface area contributed by atoms with Crippen molar-refractivity contribution in [3.05, 3.63) is 52.8 Å². The predicted octanol–water partition coefficient (Wildman–Crippen LogP) is 1.15. The van der Waals surface area contributed by atoms with Gasteiger partial charge in [-0.25, -0.2) is 0 Å². The summed E-state index contributed by atoms with van der Waals surface area (Å²) in [7, 11) is 3.88. The molecule has 1 fully saturated rings. The average Bonchev–Trinajstić information content (AvgIpc) is 3.12. The number of aromatic amines is 1. The maximum absolute atomic E-state index is 13.1. The number of likely N-dealkylation sites (tertiary alicyclic amines) is 1. The molecule has 3 heterocycles. The molecule has 1 amide bonds. The van der Waals surface area contributed by atoms with Gasteiger partial charge in [-0.15, -0.1) is 0 Å². The number of carbonyl (C=O) groups excluding carboxylic acids is 1. The van der Waals surface area contributed by atoms with Gasteiger partial charge in [0.25, 0.3) is 5.91 Å². The van der Waals surface area contributed by atoms with Gasteiger partial charge in [-0.05, 0) is 26.1 Å². The van der Waals surface area contributed by atoms with Crippen molar-refractivity contribution in [2.75, 3.05) is 33.8 Å². The Balaban J connectivity index is 1.59. The smallest absolute Gasteiger partial charge is 0.274 e. The second-order valence-electron chi connectivity index (χ2n) is 7.60. The van der Waals surface area contributed by atoms with Crippen molar-refractivity contribution in [3.8, 4) is 0 Å². The summed E-state index contributed by atoms with van der Waals surface area (Å²) in [6, 6.07) is 9.52. The molecule has 1 aromatic heterocycles. The number of hydrogen-bond donors (Lipinski definition) is 2. The lowest BCUT2D eigenvalue weighted by atomic mass is 9.79. The molecule has 2 N–H and O–H groups in total. The molecule has 7 nitrogen and oxygen atoms in total. The van der Waals surface area contributed by atoms with Crippen LogP contribution in [0.3, 0.4) is 0 Å². The highest BCUT2D eigenvalue weighted by Crippen LogP contribution is 2.36. The van der Waals surface area contributed by atoms with E-state index in [1.165, 1.54) is 0 Å². The number of aliphatic hydroxyl groups is 1. The number of nitrogens with zero attached hydrogens (tertiary/aromatic N) is 3. The molecule has 0 radical (unpaired) electrons. The summed E-state index contributed by atoms with van der Waals surface area (Å²) >= 11 is 0. The van der Waals surface area contributed by atoms with Gasteiger partial charge in [-0.3, -0.25) is 9.89 Å². The maximum Gasteiger partial charge on any atom is 0.274 e. The number of ether oxygens (including phenoxy) is 1. The molecule has 144 valence electrons. The zero-order valence-corrected chi connectivity index (χ0v) is 15.8. The van der Waals surface area contributed by atoms with Crippen LogP contribution in [-0.4, -0.2) is 70.8 Å². The Morgan fingerprint density at radius 1 is 1.37 bits per heavy atom. The summed E-state index contributed by atoms with van der Waals surface area (Å²) in [4.78, 5) is 16.9. The Kier molecular flexibility index (Phi) is 4.75. The molecule has 27 heavy (non-hydrogen) atoms. The third-order valence-electron chi connectivity index (χ3n) is 5.79. The van der Waals surface area contributed by atoms with E-state index in [1.54, 1.807) is 4.90 Å². The molecule has 2 atom stereocenters. The van der Waals surface area contributed by atoms with Crippen molar-refractivity contribution < 1.29 is 14.6 Å². The van der Waals surface area contributed by atoms with Gasteiger partial charge < -0.3 is 19.6 Å². The van der Waals surface area contributed by atoms with Crippen molar-refractivity contribution in [2.24, 2.45) is 0 Å². The Bertz CT molecular complexity index is 820. The summed E-state index contributed by atoms with van der Waals surface area (Å²) in [6.07, 6.45) is 1.23. The zero-order valence-electron chi connectivity index (χ0n) is 15.8. The van der Waals surface area contributed by atoms with E-state index in [2.05, 4.69) is 10.2 Å². The number of fused-ring (bicyclic) bond motifs is 1. The highest BCUT2D eigenvalue weighted by atomic mass is 16.5. The van der Waals surface area contributed by atoms with Crippen molar-refractivity contribution in [1.82, 2.24) is 20.0 Å². The molecule has 2 aliphatic rings. The zero-order chi connectivity index (χ0) is 19.0. The molecule has 2 aliphatic heterocycles. The van der Waals surface area contributed by atoms with E-state index in [0.717, 1.165) is 23.2 Å². The molecule has 0 bridgehead atoms. The third kappa shape index (κ3) is 3.16. The number of H-pyrrole nitrogens is 1. The lowest BCUT2D eigenvalue weighted by Crippen LogP contribution is -2.60. The van der Waals surface area contributed by atoms with Crippen LogP contribution in [0.25, 0.3) is 0 Å². The number of hydrogen-bond acceptors (Lipinski definition) is 5. The van der Waals surface area contributed by atoms with Crippen LogP contribution in [0.15, 0.2) is 30.3 Å². The maximum atomic E-state index is 13.1. The molecule has 0 spiro atoms. The number of benzene rings is 1. The lowest BCUT2D eigenvalue weighted by molar-refractivity contribution is -0.0811. The highest BCUT2D eigenvalue weighted by Gasteiger charge is 2.45. The van der Waals surface area contributed by atoms with Crippen molar-refractivity contribution >= 4 is 5.91 Å². The topological polar surface area (TPSA) is 81.7 Å². The summed E-state index contributed by atoms with van der Waals surface area (Å²) in [5.41, 5.74) is 2.21. The summed E-state index contributed by atoms with van der Waals surface area (Å²) in [5, 5.41) is 18.7. The Morgan fingerprint density at radius 2 is 2.15 bits per heavy atom. The van der Waals surface area contributed by atoms with Crippen LogP contribution in [0.4, 0.5) is 0 Å². The monoisotopic (exact) mass is 370 g/mol. The normalized spacial score (nSPS) is 25.5. The van der Waals surface area contributed by atoms with E-state index in [4.69, 9.17) is 4.74 Å². The van der Waals surface area contributed by atoms with Gasteiger partial charge in [-0.1, -0.05) is 30.3 Å². The van der Waals surface area contributed by atoms with Crippen molar-refractivity contribution in [3.63, 3.8) is 0 Å². The fourth-order valence-corrected chi connectivity index (χ4v) is 4.20. The molecule has 1 saturated heterocycles. The molecule has 0 unspecified atom stereocenters. The van der Waals surface area contributed by atoms with E-state index >= 15 is 0 Å². The quantitative estimate of drug-likeness (QED) is 0.847. The Morgan fingerprint density at radius 3 is 2.89 bits per heavy atom. The minimum Gasteiger partial charge on any atom is -0.383 e. The lowest BCUT2D eigenvalue weighted by Gasteiger charge is -2.47. The van der Waals surface area contributed by atoms with E-state index in [0.29, 0.717) is 38.4 Å². The predicted molar refractivity (Wildman–Crippen MR) is 100 cm³/mol. The largest absolute Gasteiger partial charge is 0.383 e.